The van der Waals surface area contributed by atoms with Crippen molar-refractivity contribution in [1.29, 1.82) is 0 Å². The first-order valence-corrected chi connectivity index (χ1v) is 8.74. The van der Waals surface area contributed by atoms with Crippen LogP contribution in [0.5, 0.6) is 5.75 Å². The molecule has 2 heterocycles. The maximum atomic E-state index is 12.6. The van der Waals surface area contributed by atoms with Gasteiger partial charge in [0.05, 0.1) is 7.11 Å². The van der Waals surface area contributed by atoms with Crippen molar-refractivity contribution in [3.63, 3.8) is 0 Å². The summed E-state index contributed by atoms with van der Waals surface area (Å²) in [7, 11) is 3.18. The highest BCUT2D eigenvalue weighted by atomic mass is 35.5. The lowest BCUT2D eigenvalue weighted by molar-refractivity contribution is 0.0619. The average Bonchev–Trinajstić information content (AvgIpc) is 2.64. The summed E-state index contributed by atoms with van der Waals surface area (Å²) >= 11 is 6.09. The summed E-state index contributed by atoms with van der Waals surface area (Å²) in [6.45, 7) is 3.41. The summed E-state index contributed by atoms with van der Waals surface area (Å²) in [5, 5.41) is 4.71. The van der Waals surface area contributed by atoms with Crippen LogP contribution in [0.1, 0.15) is 16.1 Å². The third kappa shape index (κ3) is 4.05. The monoisotopic (exact) mass is 376 g/mol. The predicted octanol–water partition coefficient (Wildman–Crippen LogP) is 1.40. The minimum absolute atomic E-state index is 0.152. The fourth-order valence-electron chi connectivity index (χ4n) is 3.00. The topological polar surface area (TPSA) is 67.7 Å². The number of hydrogen-bond acceptors (Lipinski definition) is 5. The Kier molecular flexibility index (Phi) is 5.58. The van der Waals surface area contributed by atoms with Gasteiger partial charge in [0.1, 0.15) is 11.4 Å². The maximum absolute atomic E-state index is 12.6. The second kappa shape index (κ2) is 7.88. The Labute approximate surface area is 156 Å². The molecule has 0 N–H and O–H groups in total. The number of aryl methyl sites for hydroxylation is 1. The van der Waals surface area contributed by atoms with Crippen LogP contribution in [0.2, 0.25) is 5.02 Å². The number of carbonyl (C=O) groups excluding carboxylic acids is 1. The molecular weight excluding hydrogens is 356 g/mol. The zero-order valence-electron chi connectivity index (χ0n) is 14.8. The SMILES string of the molecule is COc1ccc(Cl)cc1CN1CCN(C(=O)c2ccc(=O)n(C)n2)CC1. The molecule has 1 aromatic heterocycles. The van der Waals surface area contributed by atoms with Crippen LogP contribution in [0.25, 0.3) is 0 Å². The Morgan fingerprint density at radius 3 is 2.58 bits per heavy atom. The van der Waals surface area contributed by atoms with E-state index < -0.39 is 0 Å². The Bertz CT molecular complexity index is 860. The van der Waals surface area contributed by atoms with E-state index in [0.717, 1.165) is 24.4 Å². The van der Waals surface area contributed by atoms with E-state index in [2.05, 4.69) is 10.00 Å². The van der Waals surface area contributed by atoms with E-state index in [9.17, 15) is 9.59 Å². The smallest absolute Gasteiger partial charge is 0.274 e. The van der Waals surface area contributed by atoms with E-state index in [0.29, 0.717) is 24.7 Å². The van der Waals surface area contributed by atoms with Crippen molar-refractivity contribution in [1.82, 2.24) is 19.6 Å². The van der Waals surface area contributed by atoms with E-state index >= 15 is 0 Å². The van der Waals surface area contributed by atoms with Gasteiger partial charge in [-0.1, -0.05) is 11.6 Å². The molecule has 26 heavy (non-hydrogen) atoms. The lowest BCUT2D eigenvalue weighted by Crippen LogP contribution is -2.48. The first-order chi connectivity index (χ1) is 12.5. The van der Waals surface area contributed by atoms with E-state index in [1.165, 1.54) is 23.9 Å². The number of amides is 1. The fourth-order valence-corrected chi connectivity index (χ4v) is 3.19. The Morgan fingerprint density at radius 1 is 1.19 bits per heavy atom. The van der Waals surface area contributed by atoms with Gasteiger partial charge in [-0.3, -0.25) is 14.5 Å². The molecule has 0 aliphatic carbocycles. The summed E-state index contributed by atoms with van der Waals surface area (Å²) in [5.41, 5.74) is 1.08. The van der Waals surface area contributed by atoms with Gasteiger partial charge in [-0.15, -0.1) is 0 Å². The molecule has 8 heteroatoms. The van der Waals surface area contributed by atoms with Gasteiger partial charge in [0.15, 0.2) is 0 Å². The molecule has 0 spiro atoms. The molecule has 0 saturated carbocycles. The van der Waals surface area contributed by atoms with Crippen molar-refractivity contribution in [2.75, 3.05) is 33.3 Å². The van der Waals surface area contributed by atoms with Gasteiger partial charge in [-0.05, 0) is 24.3 Å². The van der Waals surface area contributed by atoms with Crippen molar-refractivity contribution < 1.29 is 9.53 Å². The van der Waals surface area contributed by atoms with Crippen LogP contribution in [0.4, 0.5) is 0 Å². The summed E-state index contributed by atoms with van der Waals surface area (Å²) in [6, 6.07) is 8.42. The van der Waals surface area contributed by atoms with E-state index in [1.807, 2.05) is 12.1 Å². The summed E-state index contributed by atoms with van der Waals surface area (Å²) in [4.78, 5) is 28.0. The van der Waals surface area contributed by atoms with Gasteiger partial charge in [-0.2, -0.15) is 5.10 Å². The first kappa shape index (κ1) is 18.4. The second-order valence-electron chi connectivity index (χ2n) is 6.20. The number of halogens is 1. The molecule has 7 nitrogen and oxygen atoms in total. The van der Waals surface area contributed by atoms with Crippen LogP contribution in [0, 0.1) is 0 Å². The number of piperazine rings is 1. The number of aromatic nitrogens is 2. The van der Waals surface area contributed by atoms with Crippen LogP contribution < -0.4 is 10.3 Å². The van der Waals surface area contributed by atoms with Crippen molar-refractivity contribution in [3.05, 3.63) is 57.0 Å². The molecule has 138 valence electrons. The lowest BCUT2D eigenvalue weighted by Gasteiger charge is -2.34. The van der Waals surface area contributed by atoms with Crippen LogP contribution >= 0.6 is 11.6 Å². The molecule has 0 atom stereocenters. The van der Waals surface area contributed by atoms with Crippen molar-refractivity contribution in [2.45, 2.75) is 6.54 Å². The third-order valence-corrected chi connectivity index (χ3v) is 4.71. The van der Waals surface area contributed by atoms with Gasteiger partial charge in [0.2, 0.25) is 0 Å². The summed E-state index contributed by atoms with van der Waals surface area (Å²) in [6.07, 6.45) is 0. The minimum Gasteiger partial charge on any atom is -0.496 e. The van der Waals surface area contributed by atoms with Gasteiger partial charge < -0.3 is 9.64 Å². The van der Waals surface area contributed by atoms with Crippen molar-refractivity contribution in [3.8, 4) is 5.75 Å². The van der Waals surface area contributed by atoms with Crippen LogP contribution in [-0.4, -0.2) is 58.8 Å². The van der Waals surface area contributed by atoms with E-state index in [1.54, 1.807) is 18.1 Å². The van der Waals surface area contributed by atoms with E-state index in [-0.39, 0.29) is 17.2 Å². The van der Waals surface area contributed by atoms with Crippen molar-refractivity contribution >= 4 is 17.5 Å². The van der Waals surface area contributed by atoms with Gasteiger partial charge in [-0.25, -0.2) is 4.68 Å². The summed E-state index contributed by atoms with van der Waals surface area (Å²) < 4.78 is 6.57. The van der Waals surface area contributed by atoms with Gasteiger partial charge in [0, 0.05) is 56.4 Å². The van der Waals surface area contributed by atoms with Crippen LogP contribution in [-0.2, 0) is 13.6 Å². The highest BCUT2D eigenvalue weighted by molar-refractivity contribution is 6.30. The number of methoxy groups -OCH3 is 1. The number of rotatable bonds is 4. The highest BCUT2D eigenvalue weighted by Gasteiger charge is 2.24. The van der Waals surface area contributed by atoms with Crippen LogP contribution in [0.3, 0.4) is 0 Å². The molecule has 2 aromatic rings. The van der Waals surface area contributed by atoms with Gasteiger partial charge >= 0.3 is 0 Å². The Hall–Kier alpha value is -2.38. The molecule has 1 aromatic carbocycles. The highest BCUT2D eigenvalue weighted by Crippen LogP contribution is 2.24. The predicted molar refractivity (Wildman–Crippen MR) is 98.7 cm³/mol. The third-order valence-electron chi connectivity index (χ3n) is 4.48. The molecule has 0 unspecified atom stereocenters. The molecule has 1 aliphatic rings. The molecule has 1 amide bonds. The molecule has 1 saturated heterocycles. The zero-order valence-corrected chi connectivity index (χ0v) is 15.6. The average molecular weight is 377 g/mol. The second-order valence-corrected chi connectivity index (χ2v) is 6.64. The summed E-state index contributed by atoms with van der Waals surface area (Å²) in [5.74, 6) is 0.655. The molecular formula is C18H21ClN4O3. The molecule has 0 radical (unpaired) electrons. The largest absolute Gasteiger partial charge is 0.496 e. The van der Waals surface area contributed by atoms with Crippen molar-refractivity contribution in [2.24, 2.45) is 7.05 Å². The fraction of sp³-hybridized carbons (Fsp3) is 0.389. The quantitative estimate of drug-likeness (QED) is 0.807. The lowest BCUT2D eigenvalue weighted by atomic mass is 10.1. The number of hydrogen-bond donors (Lipinski definition) is 0. The zero-order chi connectivity index (χ0) is 18.7. The van der Waals surface area contributed by atoms with Crippen LogP contribution in [0.15, 0.2) is 35.1 Å². The number of ether oxygens (including phenoxy) is 1. The minimum atomic E-state index is -0.234. The molecule has 3 rings (SSSR count). The first-order valence-electron chi connectivity index (χ1n) is 8.36. The number of benzene rings is 1. The number of nitrogens with zero attached hydrogens (tertiary/aromatic N) is 4. The normalized spacial score (nSPS) is 15.1. The standard InChI is InChI=1S/C18H21ClN4O3/c1-21-17(24)6-4-15(20-21)18(25)23-9-7-22(8-10-23)12-13-11-14(19)3-5-16(13)26-2/h3-6,11H,7-10,12H2,1-2H3. The Balaban J connectivity index is 1.62. The molecule has 1 fully saturated rings. The van der Waals surface area contributed by atoms with Gasteiger partial charge in [0.25, 0.3) is 11.5 Å². The molecule has 0 bridgehead atoms. The van der Waals surface area contributed by atoms with E-state index in [4.69, 9.17) is 16.3 Å². The Morgan fingerprint density at radius 2 is 1.92 bits per heavy atom. The number of carbonyl (C=O) groups is 1. The molecule has 1 aliphatic heterocycles. The maximum Gasteiger partial charge on any atom is 0.274 e.